The van der Waals surface area contributed by atoms with Crippen LogP contribution >= 0.6 is 0 Å². The number of rotatable bonds is 6. The molecular formula is C16H20N2O2. The highest BCUT2D eigenvalue weighted by Crippen LogP contribution is 2.29. The van der Waals surface area contributed by atoms with E-state index in [0.717, 1.165) is 29.0 Å². The number of hydrogen-bond donors (Lipinski definition) is 1. The van der Waals surface area contributed by atoms with Crippen LogP contribution in [-0.2, 0) is 6.42 Å². The molecule has 106 valence electrons. The van der Waals surface area contributed by atoms with E-state index >= 15 is 0 Å². The summed E-state index contributed by atoms with van der Waals surface area (Å²) in [5.74, 6) is 2.11. The summed E-state index contributed by atoms with van der Waals surface area (Å²) in [5, 5.41) is 0. The Hall–Kier alpha value is -2.23. The molecule has 0 saturated heterocycles. The molecule has 0 fully saturated rings. The van der Waals surface area contributed by atoms with Crippen molar-refractivity contribution in [3.8, 4) is 11.5 Å². The molecule has 1 heterocycles. The quantitative estimate of drug-likeness (QED) is 0.878. The van der Waals surface area contributed by atoms with Gasteiger partial charge in [-0.15, -0.1) is 0 Å². The molecule has 0 amide bonds. The van der Waals surface area contributed by atoms with E-state index in [1.54, 1.807) is 6.20 Å². The van der Waals surface area contributed by atoms with E-state index < -0.39 is 0 Å². The lowest BCUT2D eigenvalue weighted by Crippen LogP contribution is -2.00. The van der Waals surface area contributed by atoms with E-state index in [9.17, 15) is 0 Å². The number of anilines is 1. The summed E-state index contributed by atoms with van der Waals surface area (Å²) in [6, 6.07) is 9.87. The van der Waals surface area contributed by atoms with Gasteiger partial charge in [0.25, 0.3) is 0 Å². The maximum absolute atomic E-state index is 5.70. The van der Waals surface area contributed by atoms with Crippen molar-refractivity contribution in [3.63, 3.8) is 0 Å². The van der Waals surface area contributed by atoms with Gasteiger partial charge in [0.1, 0.15) is 5.82 Å². The average Bonchev–Trinajstić information content (AvgIpc) is 2.42. The number of ether oxygens (including phenoxy) is 2. The number of pyridine rings is 1. The van der Waals surface area contributed by atoms with Crippen LogP contribution in [-0.4, -0.2) is 18.2 Å². The van der Waals surface area contributed by atoms with Crippen LogP contribution in [0.5, 0.6) is 11.5 Å². The molecule has 0 aliphatic heterocycles. The van der Waals surface area contributed by atoms with Crippen molar-refractivity contribution in [3.05, 3.63) is 47.7 Å². The second-order valence-electron chi connectivity index (χ2n) is 4.41. The van der Waals surface area contributed by atoms with Gasteiger partial charge in [0.15, 0.2) is 11.5 Å². The summed E-state index contributed by atoms with van der Waals surface area (Å²) in [4.78, 5) is 4.00. The van der Waals surface area contributed by atoms with Crippen molar-refractivity contribution >= 4 is 5.82 Å². The Bertz CT molecular complexity index is 570. The number of nitrogens with zero attached hydrogens (tertiary/aromatic N) is 1. The Morgan fingerprint density at radius 2 is 1.65 bits per heavy atom. The van der Waals surface area contributed by atoms with Crippen LogP contribution in [0.2, 0.25) is 0 Å². The SMILES string of the molecule is CCOc1ccc(Cc2ccnc(N)c2)cc1OCC. The predicted molar refractivity (Wildman–Crippen MR) is 80.2 cm³/mol. The minimum atomic E-state index is 0.540. The zero-order chi connectivity index (χ0) is 14.4. The highest BCUT2D eigenvalue weighted by molar-refractivity contribution is 5.45. The number of nitrogens with two attached hydrogens (primary N) is 1. The molecule has 0 unspecified atom stereocenters. The lowest BCUT2D eigenvalue weighted by Gasteiger charge is -2.12. The topological polar surface area (TPSA) is 57.4 Å². The van der Waals surface area contributed by atoms with Gasteiger partial charge in [-0.2, -0.15) is 0 Å². The van der Waals surface area contributed by atoms with Crippen LogP contribution in [0.15, 0.2) is 36.5 Å². The molecular weight excluding hydrogens is 252 g/mol. The molecule has 4 nitrogen and oxygen atoms in total. The molecule has 0 saturated carbocycles. The number of hydrogen-bond acceptors (Lipinski definition) is 4. The van der Waals surface area contributed by atoms with Crippen LogP contribution in [0.25, 0.3) is 0 Å². The average molecular weight is 272 g/mol. The molecule has 0 spiro atoms. The van der Waals surface area contributed by atoms with Crippen molar-refractivity contribution in [1.82, 2.24) is 4.98 Å². The summed E-state index contributed by atoms with van der Waals surface area (Å²) in [6.07, 6.45) is 2.52. The van der Waals surface area contributed by atoms with Crippen LogP contribution in [0, 0.1) is 0 Å². The first-order chi connectivity index (χ1) is 9.72. The van der Waals surface area contributed by atoms with Crippen molar-refractivity contribution in [2.45, 2.75) is 20.3 Å². The molecule has 0 aliphatic rings. The van der Waals surface area contributed by atoms with Gasteiger partial charge in [-0.1, -0.05) is 6.07 Å². The second-order valence-corrected chi connectivity index (χ2v) is 4.41. The van der Waals surface area contributed by atoms with Gasteiger partial charge in [0, 0.05) is 6.20 Å². The van der Waals surface area contributed by atoms with Gasteiger partial charge in [0.05, 0.1) is 13.2 Å². The van der Waals surface area contributed by atoms with Crippen LogP contribution < -0.4 is 15.2 Å². The fraction of sp³-hybridized carbons (Fsp3) is 0.312. The van der Waals surface area contributed by atoms with Crippen molar-refractivity contribution in [2.24, 2.45) is 0 Å². The first-order valence-corrected chi connectivity index (χ1v) is 6.81. The minimum Gasteiger partial charge on any atom is -0.490 e. The third-order valence-corrected chi connectivity index (χ3v) is 2.86. The van der Waals surface area contributed by atoms with E-state index in [4.69, 9.17) is 15.2 Å². The normalized spacial score (nSPS) is 10.3. The van der Waals surface area contributed by atoms with Crippen LogP contribution in [0.3, 0.4) is 0 Å². The Morgan fingerprint density at radius 3 is 2.35 bits per heavy atom. The standard InChI is InChI=1S/C16H20N2O2/c1-3-19-14-6-5-12(10-15(14)20-4-2)9-13-7-8-18-16(17)11-13/h5-8,10-11H,3-4,9H2,1-2H3,(H2,17,18). The first kappa shape index (κ1) is 14.2. The molecule has 2 rings (SSSR count). The Labute approximate surface area is 119 Å². The summed E-state index contributed by atoms with van der Waals surface area (Å²) in [7, 11) is 0. The number of benzene rings is 1. The number of aromatic nitrogens is 1. The van der Waals surface area contributed by atoms with E-state index in [0.29, 0.717) is 19.0 Å². The fourth-order valence-electron chi connectivity index (χ4n) is 2.05. The Morgan fingerprint density at radius 1 is 0.950 bits per heavy atom. The summed E-state index contributed by atoms with van der Waals surface area (Å²) in [6.45, 7) is 5.17. The van der Waals surface area contributed by atoms with Crippen molar-refractivity contribution < 1.29 is 9.47 Å². The summed E-state index contributed by atoms with van der Waals surface area (Å²) in [5.41, 5.74) is 7.98. The maximum atomic E-state index is 5.70. The zero-order valence-electron chi connectivity index (χ0n) is 11.9. The van der Waals surface area contributed by atoms with Gasteiger partial charge in [0.2, 0.25) is 0 Å². The lowest BCUT2D eigenvalue weighted by atomic mass is 10.1. The third-order valence-electron chi connectivity index (χ3n) is 2.86. The summed E-state index contributed by atoms with van der Waals surface area (Å²) < 4.78 is 11.2. The molecule has 0 bridgehead atoms. The van der Waals surface area contributed by atoms with E-state index in [1.807, 2.05) is 44.2 Å². The van der Waals surface area contributed by atoms with Crippen molar-refractivity contribution in [1.29, 1.82) is 0 Å². The molecule has 0 atom stereocenters. The van der Waals surface area contributed by atoms with Gasteiger partial charge < -0.3 is 15.2 Å². The van der Waals surface area contributed by atoms with Gasteiger partial charge in [-0.3, -0.25) is 0 Å². The summed E-state index contributed by atoms with van der Waals surface area (Å²) >= 11 is 0. The predicted octanol–water partition coefficient (Wildman–Crippen LogP) is 3.05. The molecule has 1 aromatic heterocycles. The molecule has 4 heteroatoms. The van der Waals surface area contributed by atoms with Crippen molar-refractivity contribution in [2.75, 3.05) is 18.9 Å². The molecule has 2 N–H and O–H groups in total. The molecule has 0 aliphatic carbocycles. The van der Waals surface area contributed by atoms with Gasteiger partial charge in [-0.25, -0.2) is 4.98 Å². The fourth-order valence-corrected chi connectivity index (χ4v) is 2.05. The smallest absolute Gasteiger partial charge is 0.161 e. The molecule has 0 radical (unpaired) electrons. The molecule has 1 aromatic carbocycles. The number of nitrogen functional groups attached to an aromatic ring is 1. The third kappa shape index (κ3) is 3.63. The van der Waals surface area contributed by atoms with Gasteiger partial charge >= 0.3 is 0 Å². The maximum Gasteiger partial charge on any atom is 0.161 e. The minimum absolute atomic E-state index is 0.540. The highest BCUT2D eigenvalue weighted by Gasteiger charge is 2.07. The molecule has 20 heavy (non-hydrogen) atoms. The Balaban J connectivity index is 2.22. The lowest BCUT2D eigenvalue weighted by molar-refractivity contribution is 0.287. The van der Waals surface area contributed by atoms with E-state index in [1.165, 1.54) is 0 Å². The van der Waals surface area contributed by atoms with Crippen LogP contribution in [0.1, 0.15) is 25.0 Å². The van der Waals surface area contributed by atoms with Gasteiger partial charge in [-0.05, 0) is 55.7 Å². The zero-order valence-corrected chi connectivity index (χ0v) is 11.9. The first-order valence-electron chi connectivity index (χ1n) is 6.81. The van der Waals surface area contributed by atoms with E-state index in [2.05, 4.69) is 4.98 Å². The van der Waals surface area contributed by atoms with Crippen LogP contribution in [0.4, 0.5) is 5.82 Å². The Kier molecular flexibility index (Phi) is 4.82. The molecule has 2 aromatic rings. The highest BCUT2D eigenvalue weighted by atomic mass is 16.5. The monoisotopic (exact) mass is 272 g/mol. The van der Waals surface area contributed by atoms with E-state index in [-0.39, 0.29) is 0 Å². The second kappa shape index (κ2) is 6.80. The largest absolute Gasteiger partial charge is 0.490 e.